The van der Waals surface area contributed by atoms with Crippen molar-refractivity contribution in [1.29, 1.82) is 0 Å². The summed E-state index contributed by atoms with van der Waals surface area (Å²) in [5, 5.41) is 8.38. The third-order valence-electron chi connectivity index (χ3n) is 3.39. The zero-order chi connectivity index (χ0) is 16.0. The van der Waals surface area contributed by atoms with E-state index in [0.717, 1.165) is 10.5 Å². The molecule has 8 heteroatoms. The Morgan fingerprint density at radius 2 is 2.22 bits per heavy atom. The molecule has 3 aromatic heterocycles. The van der Waals surface area contributed by atoms with Crippen molar-refractivity contribution in [2.24, 2.45) is 0 Å². The molecule has 23 heavy (non-hydrogen) atoms. The fourth-order valence-corrected chi connectivity index (χ4v) is 3.08. The molecule has 0 spiro atoms. The van der Waals surface area contributed by atoms with Gasteiger partial charge < -0.3 is 10.3 Å². The predicted octanol–water partition coefficient (Wildman–Crippen LogP) is 2.19. The molecular weight excluding hydrogens is 314 g/mol. The van der Waals surface area contributed by atoms with Gasteiger partial charge in [0.25, 0.3) is 5.91 Å². The molecule has 1 aromatic carbocycles. The number of nitrogens with zero attached hydrogens (tertiary/aromatic N) is 3. The Hall–Kier alpha value is -3.00. The van der Waals surface area contributed by atoms with E-state index < -0.39 is 0 Å². The maximum absolute atomic E-state index is 12.3. The summed E-state index contributed by atoms with van der Waals surface area (Å²) >= 11 is 1.42. The van der Waals surface area contributed by atoms with E-state index in [-0.39, 0.29) is 17.0 Å². The molecule has 0 atom stereocenters. The standard InChI is InChI=1S/C15H11N5O2S/c1-8-19-20-7-12(18-15(20)23-8)14(22)17-9-2-3-11-10(6-9)13(21)4-5-16-11/h2-7H,1H3,(H,16,21)(H,17,22). The number of carbonyl (C=O) groups excluding carboxylic acids is 1. The molecule has 0 saturated heterocycles. The number of imidazole rings is 1. The van der Waals surface area contributed by atoms with Crippen molar-refractivity contribution in [3.63, 3.8) is 0 Å². The number of benzene rings is 1. The molecule has 2 N–H and O–H groups in total. The highest BCUT2D eigenvalue weighted by Gasteiger charge is 2.13. The number of aromatic amines is 1. The molecular formula is C15H11N5O2S. The van der Waals surface area contributed by atoms with Crippen LogP contribution in [0.1, 0.15) is 15.5 Å². The van der Waals surface area contributed by atoms with Gasteiger partial charge in [-0.2, -0.15) is 5.10 Å². The van der Waals surface area contributed by atoms with Crippen molar-refractivity contribution < 1.29 is 4.79 Å². The van der Waals surface area contributed by atoms with Crippen LogP contribution in [0.2, 0.25) is 0 Å². The maximum Gasteiger partial charge on any atom is 0.275 e. The van der Waals surface area contributed by atoms with Gasteiger partial charge in [-0.1, -0.05) is 11.3 Å². The van der Waals surface area contributed by atoms with Gasteiger partial charge in [-0.25, -0.2) is 9.50 Å². The van der Waals surface area contributed by atoms with E-state index >= 15 is 0 Å². The highest BCUT2D eigenvalue weighted by Crippen LogP contribution is 2.17. The molecule has 0 aliphatic carbocycles. The summed E-state index contributed by atoms with van der Waals surface area (Å²) in [7, 11) is 0. The topological polar surface area (TPSA) is 92.2 Å². The van der Waals surface area contributed by atoms with Gasteiger partial charge in [-0.15, -0.1) is 0 Å². The van der Waals surface area contributed by atoms with Gasteiger partial charge in [0.2, 0.25) is 4.96 Å². The molecule has 0 bridgehead atoms. The first-order valence-electron chi connectivity index (χ1n) is 6.86. The maximum atomic E-state index is 12.3. The van der Waals surface area contributed by atoms with Crippen molar-refractivity contribution >= 4 is 38.8 Å². The lowest BCUT2D eigenvalue weighted by Crippen LogP contribution is -2.12. The van der Waals surface area contributed by atoms with Gasteiger partial charge >= 0.3 is 0 Å². The molecule has 0 fully saturated rings. The van der Waals surface area contributed by atoms with Crippen LogP contribution in [0, 0.1) is 6.92 Å². The van der Waals surface area contributed by atoms with Crippen molar-refractivity contribution in [1.82, 2.24) is 19.6 Å². The van der Waals surface area contributed by atoms with Crippen molar-refractivity contribution in [3.8, 4) is 0 Å². The van der Waals surface area contributed by atoms with Crippen LogP contribution in [0.3, 0.4) is 0 Å². The predicted molar refractivity (Wildman–Crippen MR) is 88.1 cm³/mol. The third-order valence-corrected chi connectivity index (χ3v) is 4.23. The number of aromatic nitrogens is 4. The van der Waals surface area contributed by atoms with Crippen LogP contribution in [0.4, 0.5) is 5.69 Å². The van der Waals surface area contributed by atoms with Crippen LogP contribution in [-0.4, -0.2) is 25.5 Å². The molecule has 0 unspecified atom stereocenters. The molecule has 4 aromatic rings. The second kappa shape index (κ2) is 5.03. The number of pyridine rings is 1. The van der Waals surface area contributed by atoms with E-state index in [0.29, 0.717) is 16.0 Å². The number of nitrogens with one attached hydrogen (secondary N) is 2. The second-order valence-corrected chi connectivity index (χ2v) is 6.19. The average Bonchev–Trinajstić information content (AvgIpc) is 3.05. The number of hydrogen-bond acceptors (Lipinski definition) is 5. The van der Waals surface area contributed by atoms with Crippen LogP contribution in [0.5, 0.6) is 0 Å². The Kier molecular flexibility index (Phi) is 2.98. The summed E-state index contributed by atoms with van der Waals surface area (Å²) in [5.41, 5.74) is 1.44. The van der Waals surface area contributed by atoms with E-state index in [4.69, 9.17) is 0 Å². The first-order chi connectivity index (χ1) is 11.1. The van der Waals surface area contributed by atoms with Crippen molar-refractivity contribution in [3.05, 3.63) is 57.6 Å². The van der Waals surface area contributed by atoms with Crippen LogP contribution in [-0.2, 0) is 0 Å². The fourth-order valence-electron chi connectivity index (χ4n) is 2.35. The number of hydrogen-bond donors (Lipinski definition) is 2. The largest absolute Gasteiger partial charge is 0.361 e. The number of anilines is 1. The summed E-state index contributed by atoms with van der Waals surface area (Å²) in [6.07, 6.45) is 3.18. The van der Waals surface area contributed by atoms with Gasteiger partial charge in [-0.3, -0.25) is 9.59 Å². The molecule has 1 amide bonds. The Morgan fingerprint density at radius 1 is 1.35 bits per heavy atom. The lowest BCUT2D eigenvalue weighted by molar-refractivity contribution is 0.102. The summed E-state index contributed by atoms with van der Waals surface area (Å²) in [6.45, 7) is 1.88. The van der Waals surface area contributed by atoms with Gasteiger partial charge in [0.05, 0.1) is 6.20 Å². The lowest BCUT2D eigenvalue weighted by Gasteiger charge is -2.04. The number of rotatable bonds is 2. The van der Waals surface area contributed by atoms with Crippen molar-refractivity contribution in [2.45, 2.75) is 6.92 Å². The third kappa shape index (κ3) is 2.38. The summed E-state index contributed by atoms with van der Waals surface area (Å²) < 4.78 is 1.58. The molecule has 0 aliphatic heterocycles. The first-order valence-corrected chi connectivity index (χ1v) is 7.67. The normalized spacial score (nSPS) is 11.2. The van der Waals surface area contributed by atoms with E-state index in [9.17, 15) is 9.59 Å². The zero-order valence-electron chi connectivity index (χ0n) is 12.0. The van der Waals surface area contributed by atoms with E-state index in [1.165, 1.54) is 17.4 Å². The number of amides is 1. The monoisotopic (exact) mass is 325 g/mol. The molecule has 3 heterocycles. The van der Waals surface area contributed by atoms with Gasteiger partial charge in [0.15, 0.2) is 5.43 Å². The molecule has 0 saturated carbocycles. The van der Waals surface area contributed by atoms with Crippen molar-refractivity contribution in [2.75, 3.05) is 5.32 Å². The highest BCUT2D eigenvalue weighted by atomic mass is 32.1. The quantitative estimate of drug-likeness (QED) is 0.591. The van der Waals surface area contributed by atoms with Crippen LogP contribution in [0.25, 0.3) is 15.9 Å². The molecule has 0 radical (unpaired) electrons. The molecule has 114 valence electrons. The SMILES string of the molecule is Cc1nn2cc(C(=O)Nc3ccc4[nH]ccc(=O)c4c3)nc2s1. The highest BCUT2D eigenvalue weighted by molar-refractivity contribution is 7.16. The number of H-pyrrole nitrogens is 1. The van der Waals surface area contributed by atoms with E-state index in [1.54, 1.807) is 35.1 Å². The van der Waals surface area contributed by atoms with Crippen LogP contribution >= 0.6 is 11.3 Å². The molecule has 0 aliphatic rings. The second-order valence-electron chi connectivity index (χ2n) is 5.03. The van der Waals surface area contributed by atoms with E-state index in [2.05, 4.69) is 20.4 Å². The minimum absolute atomic E-state index is 0.1000. The Morgan fingerprint density at radius 3 is 3.04 bits per heavy atom. The summed E-state index contributed by atoms with van der Waals surface area (Å²) in [6, 6.07) is 6.58. The Balaban J connectivity index is 1.66. The summed E-state index contributed by atoms with van der Waals surface area (Å²) in [4.78, 5) is 32.0. The fraction of sp³-hybridized carbons (Fsp3) is 0.0667. The molecule has 7 nitrogen and oxygen atoms in total. The van der Waals surface area contributed by atoms with E-state index in [1.807, 2.05) is 6.92 Å². The summed E-state index contributed by atoms with van der Waals surface area (Å²) in [5.74, 6) is -0.341. The van der Waals surface area contributed by atoms with Crippen LogP contribution in [0.15, 0.2) is 41.5 Å². The Labute approximate surface area is 133 Å². The van der Waals surface area contributed by atoms with Gasteiger partial charge in [0.1, 0.15) is 10.7 Å². The van der Waals surface area contributed by atoms with Gasteiger partial charge in [-0.05, 0) is 25.1 Å². The minimum atomic E-state index is -0.341. The zero-order valence-corrected chi connectivity index (χ0v) is 12.8. The average molecular weight is 325 g/mol. The number of carbonyl (C=O) groups is 1. The minimum Gasteiger partial charge on any atom is -0.361 e. The number of fused-ring (bicyclic) bond motifs is 2. The number of aryl methyl sites for hydroxylation is 1. The first kappa shape index (κ1) is 13.6. The lowest BCUT2D eigenvalue weighted by atomic mass is 10.2. The Bertz CT molecular complexity index is 1080. The van der Waals surface area contributed by atoms with Crippen LogP contribution < -0.4 is 10.7 Å². The smallest absolute Gasteiger partial charge is 0.275 e. The molecule has 4 rings (SSSR count). The van der Waals surface area contributed by atoms with Gasteiger partial charge in [0, 0.05) is 28.9 Å².